The lowest BCUT2D eigenvalue weighted by atomic mass is 10.1. The minimum atomic E-state index is 0.0765. The third-order valence-corrected chi connectivity index (χ3v) is 5.63. The summed E-state index contributed by atoms with van der Waals surface area (Å²) in [6, 6.07) is 16.1. The highest BCUT2D eigenvalue weighted by Crippen LogP contribution is 2.35. The number of β-amino-alcohol motifs (C(OH)–C–C–N with tert-alkyl or cyclic N) is 1. The lowest BCUT2D eigenvalue weighted by molar-refractivity contribution is 0.247. The molecule has 5 nitrogen and oxygen atoms in total. The molecule has 0 saturated heterocycles. The average Bonchev–Trinajstić information content (AvgIpc) is 2.68. The van der Waals surface area contributed by atoms with E-state index in [1.54, 1.807) is 18.9 Å². The molecule has 0 radical (unpaired) electrons. The van der Waals surface area contributed by atoms with Crippen molar-refractivity contribution in [3.8, 4) is 5.75 Å². The molecule has 27 heavy (non-hydrogen) atoms. The van der Waals surface area contributed by atoms with E-state index in [1.807, 2.05) is 24.3 Å². The van der Waals surface area contributed by atoms with Gasteiger partial charge in [0.2, 0.25) is 0 Å². The van der Waals surface area contributed by atoms with Crippen molar-refractivity contribution in [3.63, 3.8) is 0 Å². The number of aliphatic hydroxyl groups is 1. The fourth-order valence-electron chi connectivity index (χ4n) is 3.18. The van der Waals surface area contributed by atoms with Crippen LogP contribution in [0.25, 0.3) is 10.9 Å². The molecule has 1 aliphatic rings. The van der Waals surface area contributed by atoms with Crippen molar-refractivity contribution in [2.45, 2.75) is 18.5 Å². The van der Waals surface area contributed by atoms with E-state index in [-0.39, 0.29) is 6.61 Å². The number of nitrogens with zero attached hydrogens (tertiary/aromatic N) is 3. The Bertz CT molecular complexity index is 1020. The predicted molar refractivity (Wildman–Crippen MR) is 110 cm³/mol. The summed E-state index contributed by atoms with van der Waals surface area (Å²) < 4.78 is 5.29. The van der Waals surface area contributed by atoms with Crippen LogP contribution in [0.5, 0.6) is 5.75 Å². The molecule has 0 saturated carbocycles. The van der Waals surface area contributed by atoms with Gasteiger partial charge in [-0.2, -0.15) is 0 Å². The first-order valence-corrected chi connectivity index (χ1v) is 9.65. The number of benzene rings is 2. The molecule has 2 heterocycles. The van der Waals surface area contributed by atoms with Crippen molar-refractivity contribution in [1.82, 2.24) is 9.88 Å². The summed E-state index contributed by atoms with van der Waals surface area (Å²) in [5, 5.41) is 12.5. The van der Waals surface area contributed by atoms with Crippen molar-refractivity contribution < 1.29 is 9.84 Å². The van der Waals surface area contributed by atoms with Crippen molar-refractivity contribution in [2.75, 3.05) is 20.3 Å². The van der Waals surface area contributed by atoms with E-state index in [9.17, 15) is 5.11 Å². The van der Waals surface area contributed by atoms with Gasteiger partial charge in [0.15, 0.2) is 5.17 Å². The Balaban J connectivity index is 1.76. The number of fused-ring (bicyclic) bond motifs is 2. The molecule has 0 amide bonds. The smallest absolute Gasteiger partial charge is 0.171 e. The number of aliphatic imine (C=N–C) groups is 1. The van der Waals surface area contributed by atoms with Gasteiger partial charge in [0.1, 0.15) is 10.8 Å². The number of rotatable bonds is 4. The number of hydrogen-bond acceptors (Lipinski definition) is 5. The van der Waals surface area contributed by atoms with Gasteiger partial charge in [0, 0.05) is 30.1 Å². The van der Waals surface area contributed by atoms with Crippen LogP contribution >= 0.6 is 11.8 Å². The van der Waals surface area contributed by atoms with E-state index in [0.717, 1.165) is 38.1 Å². The first-order valence-electron chi connectivity index (χ1n) is 8.83. The second-order valence-corrected chi connectivity index (χ2v) is 7.40. The van der Waals surface area contributed by atoms with E-state index in [4.69, 9.17) is 14.7 Å². The van der Waals surface area contributed by atoms with Crippen molar-refractivity contribution in [2.24, 2.45) is 4.99 Å². The Morgan fingerprint density at radius 3 is 2.89 bits per heavy atom. The van der Waals surface area contributed by atoms with E-state index in [2.05, 4.69) is 36.1 Å². The molecule has 2 aromatic carbocycles. The maximum Gasteiger partial charge on any atom is 0.171 e. The standard InChI is InChI=1S/C21H21N3O2S/c1-14-5-3-6-15-11-16-13-24(9-10-25)21(27-20(16)23-19(14)15)22-17-7-4-8-18(12-17)26-2/h3-8,11-12,25H,9-10,13H2,1-2H3. The Morgan fingerprint density at radius 2 is 2.07 bits per heavy atom. The zero-order valence-corrected chi connectivity index (χ0v) is 16.2. The Labute approximate surface area is 162 Å². The number of hydrogen-bond donors (Lipinski definition) is 1. The zero-order valence-electron chi connectivity index (χ0n) is 15.3. The molecule has 0 atom stereocenters. The molecule has 4 rings (SSSR count). The SMILES string of the molecule is COc1cccc(N=C2Sc3nc4c(C)cccc4cc3CN2CCO)c1. The molecule has 1 N–H and O–H groups in total. The number of ether oxygens (including phenoxy) is 1. The van der Waals surface area contributed by atoms with Gasteiger partial charge in [-0.05, 0) is 42.4 Å². The molecule has 0 unspecified atom stereocenters. The highest BCUT2D eigenvalue weighted by atomic mass is 32.2. The van der Waals surface area contributed by atoms with Crippen molar-refractivity contribution in [3.05, 3.63) is 59.7 Å². The number of thioether (sulfide) groups is 1. The van der Waals surface area contributed by atoms with Gasteiger partial charge in [-0.15, -0.1) is 0 Å². The van der Waals surface area contributed by atoms with E-state index in [1.165, 1.54) is 5.56 Å². The highest BCUT2D eigenvalue weighted by molar-refractivity contribution is 8.13. The Morgan fingerprint density at radius 1 is 1.22 bits per heavy atom. The number of methoxy groups -OCH3 is 1. The lowest BCUT2D eigenvalue weighted by Crippen LogP contribution is -2.34. The number of pyridine rings is 1. The molecule has 6 heteroatoms. The molecule has 138 valence electrons. The topological polar surface area (TPSA) is 58.0 Å². The van der Waals surface area contributed by atoms with Crippen LogP contribution < -0.4 is 4.74 Å². The number of amidine groups is 1. The number of para-hydroxylation sites is 1. The van der Waals surface area contributed by atoms with Gasteiger partial charge >= 0.3 is 0 Å². The predicted octanol–water partition coefficient (Wildman–Crippen LogP) is 4.14. The molecule has 1 aliphatic heterocycles. The fraction of sp³-hybridized carbons (Fsp3) is 0.238. The second-order valence-electron chi connectivity index (χ2n) is 6.44. The summed E-state index contributed by atoms with van der Waals surface area (Å²) in [4.78, 5) is 11.8. The second kappa shape index (κ2) is 7.58. The van der Waals surface area contributed by atoms with Gasteiger partial charge in [-0.25, -0.2) is 9.98 Å². The van der Waals surface area contributed by atoms with Gasteiger partial charge in [-0.1, -0.05) is 24.3 Å². The fourth-order valence-corrected chi connectivity index (χ4v) is 4.18. The summed E-state index contributed by atoms with van der Waals surface area (Å²) in [6.45, 7) is 3.37. The maximum atomic E-state index is 9.50. The average molecular weight is 379 g/mol. The molecule has 0 bridgehead atoms. The molecule has 3 aromatic rings. The van der Waals surface area contributed by atoms with Gasteiger partial charge in [0.25, 0.3) is 0 Å². The number of aromatic nitrogens is 1. The summed E-state index contributed by atoms with van der Waals surface area (Å²) in [5.41, 5.74) is 4.18. The molecular formula is C21H21N3O2S. The van der Waals surface area contributed by atoms with Gasteiger partial charge in [0.05, 0.1) is 24.9 Å². The van der Waals surface area contributed by atoms with Crippen molar-refractivity contribution >= 4 is 33.5 Å². The van der Waals surface area contributed by atoms with E-state index >= 15 is 0 Å². The molecular weight excluding hydrogens is 358 g/mol. The summed E-state index contributed by atoms with van der Waals surface area (Å²) >= 11 is 1.55. The molecule has 0 fully saturated rings. The van der Waals surface area contributed by atoms with Crippen LogP contribution in [-0.2, 0) is 6.54 Å². The minimum Gasteiger partial charge on any atom is -0.497 e. The largest absolute Gasteiger partial charge is 0.497 e. The van der Waals surface area contributed by atoms with Crippen LogP contribution in [0.2, 0.25) is 0 Å². The van der Waals surface area contributed by atoms with Crippen LogP contribution in [0.1, 0.15) is 11.1 Å². The quantitative estimate of drug-likeness (QED) is 0.738. The van der Waals surface area contributed by atoms with Crippen LogP contribution in [0.4, 0.5) is 5.69 Å². The summed E-state index contributed by atoms with van der Waals surface area (Å²) in [5.74, 6) is 0.770. The van der Waals surface area contributed by atoms with Crippen LogP contribution in [-0.4, -0.2) is 40.4 Å². The number of aliphatic hydroxyl groups excluding tert-OH is 1. The maximum absolute atomic E-state index is 9.50. The minimum absolute atomic E-state index is 0.0765. The zero-order chi connectivity index (χ0) is 18.8. The monoisotopic (exact) mass is 379 g/mol. The van der Waals surface area contributed by atoms with E-state index in [0.29, 0.717) is 13.1 Å². The number of aryl methyl sites for hydroxylation is 1. The van der Waals surface area contributed by atoms with Crippen LogP contribution in [0.3, 0.4) is 0 Å². The first kappa shape index (κ1) is 17.8. The third kappa shape index (κ3) is 3.63. The third-order valence-electron chi connectivity index (χ3n) is 4.55. The van der Waals surface area contributed by atoms with Crippen LogP contribution in [0, 0.1) is 6.92 Å². The van der Waals surface area contributed by atoms with Gasteiger partial charge < -0.3 is 14.7 Å². The summed E-state index contributed by atoms with van der Waals surface area (Å²) in [6.07, 6.45) is 0. The van der Waals surface area contributed by atoms with Crippen LogP contribution in [0.15, 0.2) is 58.5 Å². The molecule has 1 aromatic heterocycles. The molecule has 0 aliphatic carbocycles. The highest BCUT2D eigenvalue weighted by Gasteiger charge is 2.24. The Hall–Kier alpha value is -2.57. The van der Waals surface area contributed by atoms with E-state index < -0.39 is 0 Å². The first-order chi connectivity index (χ1) is 13.2. The summed E-state index contributed by atoms with van der Waals surface area (Å²) in [7, 11) is 1.65. The normalized spacial score (nSPS) is 15.2. The van der Waals surface area contributed by atoms with Gasteiger partial charge in [-0.3, -0.25) is 0 Å². The Kier molecular flexibility index (Phi) is 5.01. The molecule has 0 spiro atoms. The van der Waals surface area contributed by atoms with Crippen molar-refractivity contribution in [1.29, 1.82) is 0 Å². The lowest BCUT2D eigenvalue weighted by Gasteiger charge is -2.30.